The van der Waals surface area contributed by atoms with E-state index in [0.717, 1.165) is 10.0 Å². The average Bonchev–Trinajstić information content (AvgIpc) is 2.34. The molecule has 0 bridgehead atoms. The summed E-state index contributed by atoms with van der Waals surface area (Å²) >= 11 is 3.38. The van der Waals surface area contributed by atoms with Crippen molar-refractivity contribution < 1.29 is 9.66 Å². The number of halogens is 1. The van der Waals surface area contributed by atoms with E-state index in [-0.39, 0.29) is 11.4 Å². The third-order valence-corrected chi connectivity index (χ3v) is 3.20. The number of ether oxygens (including phenoxy) is 1. The van der Waals surface area contributed by atoms with Crippen molar-refractivity contribution in [2.45, 2.75) is 6.92 Å². The van der Waals surface area contributed by atoms with Gasteiger partial charge in [0.15, 0.2) is 0 Å². The lowest BCUT2D eigenvalue weighted by Gasteiger charge is -2.07. The van der Waals surface area contributed by atoms with Crippen LogP contribution in [0.25, 0.3) is 0 Å². The molecule has 0 saturated heterocycles. The summed E-state index contributed by atoms with van der Waals surface area (Å²) in [5, 5.41) is 10.8. The van der Waals surface area contributed by atoms with E-state index in [9.17, 15) is 10.1 Å². The van der Waals surface area contributed by atoms with Crippen LogP contribution in [-0.2, 0) is 0 Å². The normalized spacial score (nSPS) is 10.1. The molecule has 0 radical (unpaired) electrons. The second-order valence-corrected chi connectivity index (χ2v) is 4.47. The minimum Gasteiger partial charge on any atom is -0.450 e. The number of rotatable bonds is 3. The van der Waals surface area contributed by atoms with Gasteiger partial charge in [0, 0.05) is 16.7 Å². The molecule has 0 spiro atoms. The monoisotopic (exact) mass is 308 g/mol. The fourth-order valence-electron chi connectivity index (χ4n) is 1.40. The van der Waals surface area contributed by atoms with Crippen molar-refractivity contribution in [1.82, 2.24) is 4.98 Å². The Balaban J connectivity index is 2.34. The summed E-state index contributed by atoms with van der Waals surface area (Å²) in [6.45, 7) is 1.91. The minimum atomic E-state index is -0.520. The van der Waals surface area contributed by atoms with Crippen LogP contribution in [0.15, 0.2) is 41.1 Å². The first-order valence-electron chi connectivity index (χ1n) is 5.10. The Hall–Kier alpha value is -1.95. The number of pyridine rings is 1. The molecule has 18 heavy (non-hydrogen) atoms. The van der Waals surface area contributed by atoms with Gasteiger partial charge in [-0.25, -0.2) is 0 Å². The lowest BCUT2D eigenvalue weighted by atomic mass is 10.2. The van der Waals surface area contributed by atoms with E-state index in [4.69, 9.17) is 4.74 Å². The summed E-state index contributed by atoms with van der Waals surface area (Å²) in [5.41, 5.74) is 0.835. The van der Waals surface area contributed by atoms with Crippen molar-refractivity contribution in [3.8, 4) is 11.5 Å². The predicted octanol–water partition coefficient (Wildman–Crippen LogP) is 3.85. The Morgan fingerprint density at radius 3 is 2.83 bits per heavy atom. The molecule has 6 heteroatoms. The third kappa shape index (κ3) is 2.65. The van der Waals surface area contributed by atoms with Gasteiger partial charge < -0.3 is 4.74 Å². The zero-order valence-corrected chi connectivity index (χ0v) is 11.0. The van der Waals surface area contributed by atoms with Crippen molar-refractivity contribution in [3.63, 3.8) is 0 Å². The lowest BCUT2D eigenvalue weighted by molar-refractivity contribution is -0.386. The molecular formula is C12H9BrN2O3. The van der Waals surface area contributed by atoms with Crippen LogP contribution < -0.4 is 4.74 Å². The summed E-state index contributed by atoms with van der Waals surface area (Å²) in [5.74, 6) is 0.724. The minimum absolute atomic E-state index is 0.155. The number of aromatic nitrogens is 1. The van der Waals surface area contributed by atoms with Gasteiger partial charge in [-0.05, 0) is 30.7 Å². The lowest BCUT2D eigenvalue weighted by Crippen LogP contribution is -1.94. The highest BCUT2D eigenvalue weighted by molar-refractivity contribution is 9.10. The molecule has 0 N–H and O–H groups in total. The van der Waals surface area contributed by atoms with E-state index in [2.05, 4.69) is 20.9 Å². The highest BCUT2D eigenvalue weighted by Gasteiger charge is 2.15. The Labute approximate surface area is 112 Å². The Morgan fingerprint density at radius 2 is 2.17 bits per heavy atom. The van der Waals surface area contributed by atoms with Gasteiger partial charge in [0.25, 0.3) is 0 Å². The van der Waals surface area contributed by atoms with E-state index < -0.39 is 4.92 Å². The average molecular weight is 309 g/mol. The highest BCUT2D eigenvalue weighted by atomic mass is 79.9. The van der Waals surface area contributed by atoms with Gasteiger partial charge in [0.05, 0.1) is 4.92 Å². The largest absolute Gasteiger partial charge is 0.450 e. The number of benzene rings is 1. The van der Waals surface area contributed by atoms with Crippen molar-refractivity contribution in [1.29, 1.82) is 0 Å². The molecule has 2 aromatic rings. The van der Waals surface area contributed by atoms with E-state index in [1.54, 1.807) is 12.1 Å². The van der Waals surface area contributed by atoms with Gasteiger partial charge in [0.2, 0.25) is 5.75 Å². The van der Waals surface area contributed by atoms with Gasteiger partial charge in [-0.3, -0.25) is 15.1 Å². The summed E-state index contributed by atoms with van der Waals surface area (Å²) in [4.78, 5) is 14.0. The Morgan fingerprint density at radius 1 is 1.39 bits per heavy atom. The van der Waals surface area contributed by atoms with Crippen LogP contribution in [-0.4, -0.2) is 9.91 Å². The predicted molar refractivity (Wildman–Crippen MR) is 69.8 cm³/mol. The van der Waals surface area contributed by atoms with Crippen molar-refractivity contribution in [3.05, 3.63) is 56.8 Å². The number of nitrogens with zero attached hydrogens (tertiary/aromatic N) is 2. The van der Waals surface area contributed by atoms with Crippen LogP contribution in [0.5, 0.6) is 11.5 Å². The van der Waals surface area contributed by atoms with Gasteiger partial charge >= 0.3 is 5.69 Å². The SMILES string of the molecule is Cc1cc(Oc2ccncc2[N+](=O)[O-])ccc1Br. The number of aryl methyl sites for hydroxylation is 1. The van der Waals surface area contributed by atoms with E-state index in [0.29, 0.717) is 5.75 Å². The molecule has 92 valence electrons. The Bertz CT molecular complexity index is 602. The van der Waals surface area contributed by atoms with Crippen LogP contribution in [0.3, 0.4) is 0 Å². The molecular weight excluding hydrogens is 300 g/mol. The second kappa shape index (κ2) is 5.14. The summed E-state index contributed by atoms with van der Waals surface area (Å²) in [6, 6.07) is 6.84. The maximum absolute atomic E-state index is 10.8. The van der Waals surface area contributed by atoms with Gasteiger partial charge in [-0.1, -0.05) is 15.9 Å². The first-order chi connectivity index (χ1) is 8.58. The molecule has 2 rings (SSSR count). The first kappa shape index (κ1) is 12.5. The van der Waals surface area contributed by atoms with Gasteiger partial charge in [-0.2, -0.15) is 0 Å². The highest BCUT2D eigenvalue weighted by Crippen LogP contribution is 2.31. The second-order valence-electron chi connectivity index (χ2n) is 3.61. The maximum atomic E-state index is 10.8. The summed E-state index contributed by atoms with van der Waals surface area (Å²) in [6.07, 6.45) is 2.62. The fourth-order valence-corrected chi connectivity index (χ4v) is 1.65. The fraction of sp³-hybridized carbons (Fsp3) is 0.0833. The molecule has 1 heterocycles. The zero-order chi connectivity index (χ0) is 13.1. The number of nitro groups is 1. The quantitative estimate of drug-likeness (QED) is 0.638. The zero-order valence-electron chi connectivity index (χ0n) is 9.46. The number of hydrogen-bond acceptors (Lipinski definition) is 4. The first-order valence-corrected chi connectivity index (χ1v) is 5.89. The van der Waals surface area contributed by atoms with Crippen LogP contribution in [0.4, 0.5) is 5.69 Å². The molecule has 0 amide bonds. The molecule has 0 fully saturated rings. The van der Waals surface area contributed by atoms with Gasteiger partial charge in [0.1, 0.15) is 11.9 Å². The smallest absolute Gasteiger partial charge is 0.329 e. The molecule has 0 saturated carbocycles. The molecule has 0 aliphatic carbocycles. The topological polar surface area (TPSA) is 65.3 Å². The molecule has 0 unspecified atom stereocenters. The van der Waals surface area contributed by atoms with Crippen molar-refractivity contribution >= 4 is 21.6 Å². The van der Waals surface area contributed by atoms with Gasteiger partial charge in [-0.15, -0.1) is 0 Å². The van der Waals surface area contributed by atoms with E-state index in [1.807, 2.05) is 13.0 Å². The maximum Gasteiger partial charge on any atom is 0.329 e. The summed E-state index contributed by atoms with van der Waals surface area (Å²) in [7, 11) is 0. The molecule has 0 aliphatic rings. The number of hydrogen-bond donors (Lipinski definition) is 0. The molecule has 1 aromatic heterocycles. The molecule has 0 aliphatic heterocycles. The van der Waals surface area contributed by atoms with Crippen LogP contribution >= 0.6 is 15.9 Å². The van der Waals surface area contributed by atoms with Crippen LogP contribution in [0.1, 0.15) is 5.56 Å². The van der Waals surface area contributed by atoms with Crippen LogP contribution in [0, 0.1) is 17.0 Å². The van der Waals surface area contributed by atoms with E-state index in [1.165, 1.54) is 18.5 Å². The molecule has 1 aromatic carbocycles. The standard InChI is InChI=1S/C12H9BrN2O3/c1-8-6-9(2-3-10(8)13)18-12-4-5-14-7-11(12)15(16)17/h2-7H,1H3. The Kier molecular flexibility index (Phi) is 3.57. The third-order valence-electron chi connectivity index (χ3n) is 2.32. The molecule has 5 nitrogen and oxygen atoms in total. The summed E-state index contributed by atoms with van der Waals surface area (Å²) < 4.78 is 6.46. The molecule has 0 atom stereocenters. The van der Waals surface area contributed by atoms with E-state index >= 15 is 0 Å². The van der Waals surface area contributed by atoms with Crippen molar-refractivity contribution in [2.24, 2.45) is 0 Å². The van der Waals surface area contributed by atoms with Crippen LogP contribution in [0.2, 0.25) is 0 Å². The van der Waals surface area contributed by atoms with Crippen molar-refractivity contribution in [2.75, 3.05) is 0 Å².